The van der Waals surface area contributed by atoms with Crippen LogP contribution in [0.1, 0.15) is 18.1 Å². The minimum Gasteiger partial charge on any atom is -0.497 e. The number of hydrogen-bond acceptors (Lipinski definition) is 5. The largest absolute Gasteiger partial charge is 0.497 e. The third-order valence-corrected chi connectivity index (χ3v) is 5.27. The van der Waals surface area contributed by atoms with Gasteiger partial charge in [-0.15, -0.1) is 0 Å². The maximum Gasteiger partial charge on any atom is 0.280 e. The minimum absolute atomic E-state index is 0.0436. The van der Waals surface area contributed by atoms with Crippen LogP contribution in [0.2, 0.25) is 0 Å². The number of nitro groups is 1. The molecule has 3 aromatic carbocycles. The number of aromatic nitrogens is 2. The molecule has 0 aliphatic carbocycles. The molecule has 1 N–H and O–H groups in total. The summed E-state index contributed by atoms with van der Waals surface area (Å²) in [5.41, 5.74) is 3.62. The van der Waals surface area contributed by atoms with Crippen LogP contribution >= 0.6 is 0 Å². The molecule has 1 aromatic heterocycles. The number of hydrogen-bond donors (Lipinski definition) is 1. The zero-order valence-corrected chi connectivity index (χ0v) is 18.2. The average Bonchev–Trinajstić information content (AvgIpc) is 3.20. The second-order valence-electron chi connectivity index (χ2n) is 7.40. The van der Waals surface area contributed by atoms with Crippen molar-refractivity contribution in [2.75, 3.05) is 7.11 Å². The lowest BCUT2D eigenvalue weighted by molar-refractivity contribution is -0.384. The molecule has 0 fully saturated rings. The summed E-state index contributed by atoms with van der Waals surface area (Å²) in [6.07, 6.45) is 0. The fourth-order valence-electron chi connectivity index (χ4n) is 3.55. The molecular formula is C25H22N4O4. The van der Waals surface area contributed by atoms with Gasteiger partial charge in [0.05, 0.1) is 35.5 Å². The summed E-state index contributed by atoms with van der Waals surface area (Å²) in [6, 6.07) is 22.9. The standard InChI is InChI=1S/C25H22N4O4/c1-17(26-16-18-7-6-10-22(15-18)33-2)23-24(19-8-4-3-5-9-19)27-28(25(23)30)20-11-13-21(14-12-20)29(31)32/h3-15,27H,16H2,1-2H3. The number of rotatable bonds is 7. The molecule has 4 rings (SSSR count). The van der Waals surface area contributed by atoms with E-state index in [-0.39, 0.29) is 11.2 Å². The molecule has 0 radical (unpaired) electrons. The Morgan fingerprint density at radius 3 is 2.45 bits per heavy atom. The SMILES string of the molecule is COc1cccc(CN=C(C)c2c(-c3ccccc3)[nH]n(-c3ccc([N+](=O)[O-])cc3)c2=O)c1. The van der Waals surface area contributed by atoms with Crippen LogP contribution in [0.3, 0.4) is 0 Å². The molecule has 33 heavy (non-hydrogen) atoms. The van der Waals surface area contributed by atoms with Gasteiger partial charge in [0.2, 0.25) is 0 Å². The smallest absolute Gasteiger partial charge is 0.280 e. The van der Waals surface area contributed by atoms with Crippen LogP contribution < -0.4 is 10.3 Å². The second-order valence-corrected chi connectivity index (χ2v) is 7.40. The molecule has 166 valence electrons. The summed E-state index contributed by atoms with van der Waals surface area (Å²) >= 11 is 0. The minimum atomic E-state index is -0.475. The highest BCUT2D eigenvalue weighted by atomic mass is 16.6. The first-order valence-electron chi connectivity index (χ1n) is 10.3. The number of non-ortho nitro benzene ring substituents is 1. The molecule has 1 heterocycles. The monoisotopic (exact) mass is 442 g/mol. The van der Waals surface area contributed by atoms with Gasteiger partial charge >= 0.3 is 0 Å². The van der Waals surface area contributed by atoms with Gasteiger partial charge in [0.1, 0.15) is 5.75 Å². The van der Waals surface area contributed by atoms with Gasteiger partial charge in [0.25, 0.3) is 11.2 Å². The molecule has 0 aliphatic rings. The van der Waals surface area contributed by atoms with Crippen LogP contribution in [0, 0.1) is 10.1 Å². The maximum atomic E-state index is 13.4. The summed E-state index contributed by atoms with van der Waals surface area (Å²) in [5.74, 6) is 0.743. The van der Waals surface area contributed by atoms with E-state index in [0.29, 0.717) is 29.2 Å². The number of nitrogens with zero attached hydrogens (tertiary/aromatic N) is 3. The highest BCUT2D eigenvalue weighted by molar-refractivity contribution is 6.03. The van der Waals surface area contributed by atoms with Gasteiger partial charge < -0.3 is 4.74 Å². The zero-order chi connectivity index (χ0) is 23.4. The highest BCUT2D eigenvalue weighted by Gasteiger charge is 2.19. The first kappa shape index (κ1) is 21.8. The van der Waals surface area contributed by atoms with E-state index in [2.05, 4.69) is 10.1 Å². The van der Waals surface area contributed by atoms with Gasteiger partial charge in [-0.05, 0) is 36.8 Å². The third-order valence-electron chi connectivity index (χ3n) is 5.27. The normalized spacial score (nSPS) is 11.4. The van der Waals surface area contributed by atoms with Crippen LogP contribution in [-0.2, 0) is 6.54 Å². The highest BCUT2D eigenvalue weighted by Crippen LogP contribution is 2.23. The number of benzene rings is 3. The summed E-state index contributed by atoms with van der Waals surface area (Å²) in [5, 5.41) is 14.1. The first-order valence-corrected chi connectivity index (χ1v) is 10.3. The van der Waals surface area contributed by atoms with Crippen molar-refractivity contribution < 1.29 is 9.66 Å². The summed E-state index contributed by atoms with van der Waals surface area (Å²) in [4.78, 5) is 28.6. The molecule has 0 atom stereocenters. The quantitative estimate of drug-likeness (QED) is 0.253. The Hall–Kier alpha value is -4.46. The van der Waals surface area contributed by atoms with Crippen molar-refractivity contribution in [2.45, 2.75) is 13.5 Å². The molecule has 0 aliphatic heterocycles. The maximum absolute atomic E-state index is 13.4. The van der Waals surface area contributed by atoms with Crippen LogP contribution in [0.4, 0.5) is 5.69 Å². The van der Waals surface area contributed by atoms with E-state index in [0.717, 1.165) is 16.9 Å². The lowest BCUT2D eigenvalue weighted by atomic mass is 10.1. The molecule has 8 nitrogen and oxygen atoms in total. The number of aliphatic imine (C=N–C) groups is 1. The van der Waals surface area contributed by atoms with Crippen LogP contribution in [0.15, 0.2) is 88.6 Å². The Morgan fingerprint density at radius 1 is 1.06 bits per heavy atom. The number of aromatic amines is 1. The average molecular weight is 442 g/mol. The summed E-state index contributed by atoms with van der Waals surface area (Å²) in [7, 11) is 1.61. The second kappa shape index (κ2) is 9.35. The van der Waals surface area contributed by atoms with Gasteiger partial charge in [-0.3, -0.25) is 25.0 Å². The summed E-state index contributed by atoms with van der Waals surface area (Å²) in [6.45, 7) is 2.19. The molecule has 0 bridgehead atoms. The van der Waals surface area contributed by atoms with Crippen molar-refractivity contribution >= 4 is 11.4 Å². The molecule has 8 heteroatoms. The van der Waals surface area contributed by atoms with E-state index in [1.807, 2.05) is 54.6 Å². The van der Waals surface area contributed by atoms with Crippen molar-refractivity contribution in [2.24, 2.45) is 4.99 Å². The molecule has 0 saturated carbocycles. The molecule has 4 aromatic rings. The van der Waals surface area contributed by atoms with Gasteiger partial charge in [-0.25, -0.2) is 4.68 Å². The van der Waals surface area contributed by atoms with E-state index in [4.69, 9.17) is 4.74 Å². The Labute approximate surface area is 189 Å². The van der Waals surface area contributed by atoms with Crippen LogP contribution in [-0.4, -0.2) is 27.5 Å². The molecule has 0 unspecified atom stereocenters. The zero-order valence-electron chi connectivity index (χ0n) is 18.2. The van der Waals surface area contributed by atoms with Crippen LogP contribution in [0.5, 0.6) is 5.75 Å². The van der Waals surface area contributed by atoms with E-state index in [1.165, 1.54) is 28.9 Å². The fourth-order valence-corrected chi connectivity index (χ4v) is 3.55. The van der Waals surface area contributed by atoms with Gasteiger partial charge in [0.15, 0.2) is 0 Å². The van der Waals surface area contributed by atoms with E-state index in [9.17, 15) is 14.9 Å². The molecule has 0 saturated heterocycles. The van der Waals surface area contributed by atoms with E-state index < -0.39 is 4.92 Å². The van der Waals surface area contributed by atoms with Crippen molar-refractivity contribution in [1.29, 1.82) is 0 Å². The number of nitrogens with one attached hydrogen (secondary N) is 1. The van der Waals surface area contributed by atoms with Crippen LogP contribution in [0.25, 0.3) is 16.9 Å². The number of ether oxygens (including phenoxy) is 1. The van der Waals surface area contributed by atoms with E-state index >= 15 is 0 Å². The topological polar surface area (TPSA) is 103 Å². The third kappa shape index (κ3) is 4.59. The van der Waals surface area contributed by atoms with Crippen molar-refractivity contribution in [3.63, 3.8) is 0 Å². The lowest BCUT2D eigenvalue weighted by Gasteiger charge is -2.04. The Kier molecular flexibility index (Phi) is 6.17. The number of H-pyrrole nitrogens is 1. The lowest BCUT2D eigenvalue weighted by Crippen LogP contribution is -2.19. The molecular weight excluding hydrogens is 420 g/mol. The van der Waals surface area contributed by atoms with Crippen molar-refractivity contribution in [1.82, 2.24) is 9.78 Å². The number of nitro benzene ring substituents is 1. The Balaban J connectivity index is 1.78. The first-order chi connectivity index (χ1) is 16.0. The van der Waals surface area contributed by atoms with Gasteiger partial charge in [0, 0.05) is 23.4 Å². The van der Waals surface area contributed by atoms with Gasteiger partial charge in [-0.2, -0.15) is 0 Å². The molecule has 0 amide bonds. The Morgan fingerprint density at radius 2 is 1.79 bits per heavy atom. The molecule has 0 spiro atoms. The predicted octanol–water partition coefficient (Wildman–Crippen LogP) is 4.76. The van der Waals surface area contributed by atoms with Crippen molar-refractivity contribution in [3.05, 3.63) is 110 Å². The fraction of sp³-hybridized carbons (Fsp3) is 0.120. The Bertz CT molecular complexity index is 1370. The van der Waals surface area contributed by atoms with Crippen molar-refractivity contribution in [3.8, 4) is 22.7 Å². The van der Waals surface area contributed by atoms with Gasteiger partial charge in [-0.1, -0.05) is 42.5 Å². The van der Waals surface area contributed by atoms with E-state index in [1.54, 1.807) is 14.0 Å². The predicted molar refractivity (Wildman–Crippen MR) is 127 cm³/mol. The number of methoxy groups -OCH3 is 1. The summed E-state index contributed by atoms with van der Waals surface area (Å²) < 4.78 is 6.65.